The Kier molecular flexibility index (Phi) is 3.99. The molecule has 0 rings (SSSR count). The molecular weight excluding hydrogens is 180 g/mol. The number of esters is 1. The van der Waals surface area contributed by atoms with Crippen LogP contribution < -0.4 is 0 Å². The van der Waals surface area contributed by atoms with E-state index in [9.17, 15) is 22.4 Å². The Bertz CT molecular complexity index is 158. The molecule has 0 atom stereocenters. The quantitative estimate of drug-likeness (QED) is 0.497. The molecule has 0 heterocycles. The van der Waals surface area contributed by atoms with Crippen molar-refractivity contribution in [3.63, 3.8) is 0 Å². The van der Waals surface area contributed by atoms with E-state index >= 15 is 0 Å². The highest BCUT2D eigenvalue weighted by atomic mass is 19.3. The lowest BCUT2D eigenvalue weighted by atomic mass is 10.4. The molecule has 0 aromatic rings. The lowest BCUT2D eigenvalue weighted by Gasteiger charge is -2.14. The van der Waals surface area contributed by atoms with Gasteiger partial charge in [-0.05, 0) is 0 Å². The topological polar surface area (TPSA) is 26.3 Å². The van der Waals surface area contributed by atoms with Crippen molar-refractivity contribution in [2.75, 3.05) is 6.61 Å². The van der Waals surface area contributed by atoms with Crippen LogP contribution >= 0.6 is 0 Å². The number of hydrogen-bond acceptors (Lipinski definition) is 2. The van der Waals surface area contributed by atoms with Gasteiger partial charge in [0, 0.05) is 6.42 Å². The van der Waals surface area contributed by atoms with Gasteiger partial charge in [0.15, 0.2) is 6.61 Å². The van der Waals surface area contributed by atoms with Gasteiger partial charge in [0.05, 0.1) is 0 Å². The van der Waals surface area contributed by atoms with Gasteiger partial charge in [0.25, 0.3) is 0 Å². The van der Waals surface area contributed by atoms with E-state index in [4.69, 9.17) is 0 Å². The average Bonchev–Trinajstić information content (AvgIpc) is 2.00. The summed E-state index contributed by atoms with van der Waals surface area (Å²) in [5.41, 5.74) is 0. The van der Waals surface area contributed by atoms with Crippen LogP contribution in [0, 0.1) is 0 Å². The zero-order valence-electron chi connectivity index (χ0n) is 6.32. The number of hydrogen-bond donors (Lipinski definition) is 0. The summed E-state index contributed by atoms with van der Waals surface area (Å²) in [5.74, 6) is -5.17. The zero-order valence-corrected chi connectivity index (χ0v) is 6.32. The van der Waals surface area contributed by atoms with Gasteiger partial charge in [-0.3, -0.25) is 4.79 Å². The smallest absolute Gasteiger partial charge is 0.340 e. The number of ether oxygens (including phenoxy) is 1. The highest BCUT2D eigenvalue weighted by Gasteiger charge is 2.42. The van der Waals surface area contributed by atoms with Crippen LogP contribution in [-0.2, 0) is 9.53 Å². The molecule has 0 amide bonds. The Morgan fingerprint density at radius 2 is 2.00 bits per heavy atom. The maximum atomic E-state index is 12.0. The average molecular weight is 188 g/mol. The van der Waals surface area contributed by atoms with Crippen LogP contribution in [0.25, 0.3) is 0 Å². The molecule has 0 saturated carbocycles. The van der Waals surface area contributed by atoms with Crippen molar-refractivity contribution in [3.8, 4) is 0 Å². The molecule has 0 aliphatic heterocycles. The zero-order chi connectivity index (χ0) is 9.78. The summed E-state index contributed by atoms with van der Waals surface area (Å²) in [6.07, 6.45) is -3.92. The maximum Gasteiger partial charge on any atom is 0.340 e. The molecule has 0 aromatic carbocycles. The third-order valence-electron chi connectivity index (χ3n) is 1.03. The molecule has 0 radical (unpaired) electrons. The van der Waals surface area contributed by atoms with E-state index in [-0.39, 0.29) is 6.42 Å². The highest BCUT2D eigenvalue weighted by molar-refractivity contribution is 5.68. The van der Waals surface area contributed by atoms with Gasteiger partial charge in [0.2, 0.25) is 0 Å². The van der Waals surface area contributed by atoms with Crippen molar-refractivity contribution in [3.05, 3.63) is 0 Å². The van der Waals surface area contributed by atoms with Gasteiger partial charge >= 0.3 is 18.3 Å². The first-order chi connectivity index (χ1) is 5.40. The Hall–Kier alpha value is -0.810. The minimum absolute atomic E-state index is 0.112. The monoisotopic (exact) mass is 188 g/mol. The number of halogens is 4. The van der Waals surface area contributed by atoms with Gasteiger partial charge in [-0.25, -0.2) is 8.78 Å². The molecule has 12 heavy (non-hydrogen) atoms. The highest BCUT2D eigenvalue weighted by Crippen LogP contribution is 2.22. The van der Waals surface area contributed by atoms with Crippen molar-refractivity contribution < 1.29 is 27.1 Å². The van der Waals surface area contributed by atoms with Crippen LogP contribution in [0.2, 0.25) is 0 Å². The van der Waals surface area contributed by atoms with Gasteiger partial charge < -0.3 is 4.74 Å². The first kappa shape index (κ1) is 11.2. The SMILES string of the molecule is CCC(=O)OCC(F)(F)C(F)F. The standard InChI is InChI=1S/C6H8F4O2/c1-2-4(11)12-3-6(9,10)5(7)8/h5H,2-3H2,1H3. The van der Waals surface area contributed by atoms with E-state index in [0.717, 1.165) is 0 Å². The minimum Gasteiger partial charge on any atom is -0.459 e. The fourth-order valence-corrected chi connectivity index (χ4v) is 0.342. The summed E-state index contributed by atoms with van der Waals surface area (Å²) < 4.78 is 50.7. The molecule has 2 nitrogen and oxygen atoms in total. The molecule has 6 heteroatoms. The van der Waals surface area contributed by atoms with Crippen LogP contribution in [0.3, 0.4) is 0 Å². The summed E-state index contributed by atoms with van der Waals surface area (Å²) in [4.78, 5) is 10.3. The number of alkyl halides is 4. The van der Waals surface area contributed by atoms with Crippen LogP contribution in [0.15, 0.2) is 0 Å². The van der Waals surface area contributed by atoms with E-state index in [2.05, 4.69) is 4.74 Å². The lowest BCUT2D eigenvalue weighted by Crippen LogP contribution is -2.33. The third-order valence-corrected chi connectivity index (χ3v) is 1.03. The Balaban J connectivity index is 3.83. The van der Waals surface area contributed by atoms with E-state index in [1.54, 1.807) is 0 Å². The van der Waals surface area contributed by atoms with Crippen LogP contribution in [0.1, 0.15) is 13.3 Å². The van der Waals surface area contributed by atoms with Crippen molar-refractivity contribution in [2.24, 2.45) is 0 Å². The summed E-state index contributed by atoms with van der Waals surface area (Å²) in [7, 11) is 0. The van der Waals surface area contributed by atoms with Crippen LogP contribution in [0.4, 0.5) is 17.6 Å². The molecule has 0 N–H and O–H groups in total. The summed E-state index contributed by atoms with van der Waals surface area (Å²) in [6.45, 7) is -0.180. The normalized spacial score (nSPS) is 11.8. The molecule has 0 fully saturated rings. The predicted molar refractivity (Wildman–Crippen MR) is 32.2 cm³/mol. The predicted octanol–water partition coefficient (Wildman–Crippen LogP) is 1.84. The maximum absolute atomic E-state index is 12.0. The second kappa shape index (κ2) is 4.27. The fourth-order valence-electron chi connectivity index (χ4n) is 0.342. The van der Waals surface area contributed by atoms with Crippen molar-refractivity contribution in [1.82, 2.24) is 0 Å². The third kappa shape index (κ3) is 3.54. The summed E-state index contributed by atoms with van der Waals surface area (Å²) in [5, 5.41) is 0. The second-order valence-corrected chi connectivity index (χ2v) is 2.08. The van der Waals surface area contributed by atoms with Crippen molar-refractivity contribution >= 4 is 5.97 Å². The largest absolute Gasteiger partial charge is 0.459 e. The first-order valence-corrected chi connectivity index (χ1v) is 3.21. The number of carbonyl (C=O) groups is 1. The van der Waals surface area contributed by atoms with E-state index in [1.807, 2.05) is 0 Å². The van der Waals surface area contributed by atoms with Crippen LogP contribution in [-0.4, -0.2) is 24.9 Å². The van der Waals surface area contributed by atoms with Crippen molar-refractivity contribution in [2.45, 2.75) is 25.7 Å². The Labute approximate surface area is 66.5 Å². The lowest BCUT2D eigenvalue weighted by molar-refractivity contribution is -0.179. The molecule has 72 valence electrons. The number of rotatable bonds is 4. The van der Waals surface area contributed by atoms with Gasteiger partial charge in [-0.1, -0.05) is 6.92 Å². The second-order valence-electron chi connectivity index (χ2n) is 2.08. The fraction of sp³-hybridized carbons (Fsp3) is 0.833. The molecule has 0 unspecified atom stereocenters. The van der Waals surface area contributed by atoms with Gasteiger partial charge in [-0.15, -0.1) is 0 Å². The Morgan fingerprint density at radius 1 is 1.50 bits per heavy atom. The Morgan fingerprint density at radius 3 is 2.33 bits per heavy atom. The van der Waals surface area contributed by atoms with Gasteiger partial charge in [-0.2, -0.15) is 8.78 Å². The van der Waals surface area contributed by atoms with E-state index < -0.39 is 24.9 Å². The minimum atomic E-state index is -4.25. The molecule has 0 bridgehead atoms. The number of carbonyl (C=O) groups excluding carboxylic acids is 1. The molecule has 0 spiro atoms. The molecule has 0 aliphatic rings. The molecule has 0 saturated heterocycles. The molecule has 0 aromatic heterocycles. The summed E-state index contributed by atoms with van der Waals surface area (Å²) in [6, 6.07) is 0. The molecule has 0 aliphatic carbocycles. The van der Waals surface area contributed by atoms with E-state index in [1.165, 1.54) is 6.92 Å². The van der Waals surface area contributed by atoms with Crippen LogP contribution in [0.5, 0.6) is 0 Å². The van der Waals surface area contributed by atoms with Gasteiger partial charge in [0.1, 0.15) is 0 Å². The molecular formula is C6H8F4O2. The van der Waals surface area contributed by atoms with E-state index in [0.29, 0.717) is 0 Å². The van der Waals surface area contributed by atoms with Crippen molar-refractivity contribution in [1.29, 1.82) is 0 Å². The summed E-state index contributed by atoms with van der Waals surface area (Å²) >= 11 is 0. The first-order valence-electron chi connectivity index (χ1n) is 3.21.